The SMILES string of the molecule is O=[Si]([O-])O.[Hf+4].[N-3]. The summed E-state index contributed by atoms with van der Waals surface area (Å²) in [5, 5.41) is 0. The van der Waals surface area contributed by atoms with Crippen molar-refractivity contribution in [1.29, 1.82) is 0 Å². The minimum absolute atomic E-state index is 0. The predicted molar refractivity (Wildman–Crippen MR) is 12.0 cm³/mol. The van der Waals surface area contributed by atoms with Gasteiger partial charge >= 0.3 is 35.0 Å². The summed E-state index contributed by atoms with van der Waals surface area (Å²) >= 11 is 0. The van der Waals surface area contributed by atoms with Gasteiger partial charge in [-0.15, -0.1) is 0 Å². The fraction of sp³-hybridized carbons (Fsp3) is 0. The van der Waals surface area contributed by atoms with E-state index < -0.39 is 9.17 Å². The molecule has 32 valence electrons. The fourth-order valence-corrected chi connectivity index (χ4v) is 0. The first kappa shape index (κ1) is 16.1. The van der Waals surface area contributed by atoms with Crippen LogP contribution in [0, 0.1) is 0 Å². The van der Waals surface area contributed by atoms with Crippen LogP contribution in [0.25, 0.3) is 6.15 Å². The Kier molecular flexibility index (Phi) is 24.3. The zero-order valence-electron chi connectivity index (χ0n) is 2.71. The molecule has 4 nitrogen and oxygen atoms in total. The minimum Gasteiger partial charge on any atom is -3.00 e. The molecule has 0 radical (unpaired) electrons. The van der Waals surface area contributed by atoms with Gasteiger partial charge in [0, 0.05) is 0 Å². The molecule has 0 saturated carbocycles. The normalized spacial score (nSPS) is 4.00. The Labute approximate surface area is 55.5 Å². The van der Waals surface area contributed by atoms with Gasteiger partial charge in [-0.25, -0.2) is 0 Å². The summed E-state index contributed by atoms with van der Waals surface area (Å²) in [6.45, 7) is 0. The first-order chi connectivity index (χ1) is 1.73. The Bertz CT molecular complexity index is 33.8. The van der Waals surface area contributed by atoms with Crippen LogP contribution in [-0.2, 0) is 30.3 Å². The molecule has 0 bridgehead atoms. The maximum atomic E-state index is 8.63. The third kappa shape index (κ3) is 264. The van der Waals surface area contributed by atoms with Crippen molar-refractivity contribution in [2.75, 3.05) is 0 Å². The number of hydrogen-bond donors (Lipinski definition) is 1. The molecule has 0 heterocycles. The molecule has 0 saturated heterocycles. The molecule has 1 N–H and O–H groups in total. The molecule has 0 aromatic heterocycles. The predicted octanol–water partition coefficient (Wildman–Crippen LogP) is -1.96. The van der Waals surface area contributed by atoms with E-state index in [2.05, 4.69) is 0 Å². The van der Waals surface area contributed by atoms with E-state index in [1.54, 1.807) is 0 Å². The third-order valence-electron chi connectivity index (χ3n) is 0. The van der Waals surface area contributed by atoms with Gasteiger partial charge in [0.05, 0.1) is 0 Å². The molecule has 0 amide bonds. The second kappa shape index (κ2) is 9.07. The molecule has 0 fully saturated rings. The Morgan fingerprint density at radius 1 is 1.67 bits per heavy atom. The summed E-state index contributed by atoms with van der Waals surface area (Å²) in [6, 6.07) is 0. The van der Waals surface area contributed by atoms with Crippen molar-refractivity contribution in [2.24, 2.45) is 0 Å². The zero-order valence-corrected chi connectivity index (χ0v) is 7.30. The van der Waals surface area contributed by atoms with E-state index in [-0.39, 0.29) is 32.0 Å². The molecule has 0 aromatic rings. The van der Waals surface area contributed by atoms with Crippen molar-refractivity contribution < 1.29 is 39.9 Å². The van der Waals surface area contributed by atoms with E-state index >= 15 is 0 Å². The Hall–Kier alpha value is 0.447. The standard InChI is InChI=1S/Hf.N.HO3Si/c;;1-4(2)3/h;;1H/q+4;-3;-1. The van der Waals surface area contributed by atoms with E-state index in [0.717, 1.165) is 0 Å². The van der Waals surface area contributed by atoms with E-state index in [1.165, 1.54) is 0 Å². The molecule has 0 atom stereocenters. The summed E-state index contributed by atoms with van der Waals surface area (Å²) in [4.78, 5) is 15.7. The Morgan fingerprint density at radius 3 is 1.67 bits per heavy atom. The number of nitrogens with zero attached hydrogens (tertiary/aromatic N) is 1. The van der Waals surface area contributed by atoms with Crippen LogP contribution in [0.5, 0.6) is 0 Å². The second-order valence-corrected chi connectivity index (χ2v) is 0.798. The molecule has 0 aromatic carbocycles. The molecule has 0 spiro atoms. The van der Waals surface area contributed by atoms with Crippen LogP contribution in [0.1, 0.15) is 0 Å². The van der Waals surface area contributed by atoms with E-state index in [1.807, 2.05) is 0 Å². The summed E-state index contributed by atoms with van der Waals surface area (Å²) in [5.74, 6) is 0. The Morgan fingerprint density at radius 2 is 1.67 bits per heavy atom. The number of hydrogen-bond acceptors (Lipinski definition) is 2. The molecular formula is HHfNO3Si. The van der Waals surface area contributed by atoms with Crippen molar-refractivity contribution in [1.82, 2.24) is 0 Å². The van der Waals surface area contributed by atoms with Crippen LogP contribution >= 0.6 is 0 Å². The average molecular weight is 270 g/mol. The van der Waals surface area contributed by atoms with Gasteiger partial charge in [-0.2, -0.15) is 0 Å². The van der Waals surface area contributed by atoms with Crippen LogP contribution in [0.2, 0.25) is 0 Å². The summed E-state index contributed by atoms with van der Waals surface area (Å²) in [5.41, 5.74) is 0. The van der Waals surface area contributed by atoms with Gasteiger partial charge in [0.25, 0.3) is 0 Å². The first-order valence-corrected chi connectivity index (χ1v) is 1.90. The van der Waals surface area contributed by atoms with Crippen molar-refractivity contribution in [3.63, 3.8) is 0 Å². The van der Waals surface area contributed by atoms with Gasteiger partial charge in [0.15, 0.2) is 0 Å². The number of rotatable bonds is 0. The van der Waals surface area contributed by atoms with Crippen LogP contribution in [0.3, 0.4) is 0 Å². The topological polar surface area (TPSA) is 90.9 Å². The summed E-state index contributed by atoms with van der Waals surface area (Å²) < 4.78 is 8.63. The van der Waals surface area contributed by atoms with Gasteiger partial charge in [-0.1, -0.05) is 0 Å². The van der Waals surface area contributed by atoms with Crippen LogP contribution in [0.4, 0.5) is 0 Å². The maximum absolute atomic E-state index is 8.63. The third-order valence-corrected chi connectivity index (χ3v) is 0. The van der Waals surface area contributed by atoms with Crippen LogP contribution in [0.15, 0.2) is 0 Å². The molecule has 6 heteroatoms. The smallest absolute Gasteiger partial charge is 3.00 e. The van der Waals surface area contributed by atoms with Gasteiger partial charge in [0.1, 0.15) is 0 Å². The molecule has 0 aliphatic carbocycles. The summed E-state index contributed by atoms with van der Waals surface area (Å²) in [6.07, 6.45) is 0. The maximum Gasteiger partial charge on any atom is 4.00 e. The molecule has 0 aliphatic heterocycles. The van der Waals surface area contributed by atoms with Crippen molar-refractivity contribution in [3.8, 4) is 0 Å². The zero-order chi connectivity index (χ0) is 3.58. The van der Waals surface area contributed by atoms with E-state index in [4.69, 9.17) is 14.1 Å². The minimum atomic E-state index is -3.38. The van der Waals surface area contributed by atoms with Crippen molar-refractivity contribution in [2.45, 2.75) is 0 Å². The van der Waals surface area contributed by atoms with Gasteiger partial charge in [-0.3, -0.25) is 0 Å². The molecule has 0 aliphatic rings. The monoisotopic (exact) mass is 271 g/mol. The van der Waals surface area contributed by atoms with E-state index in [0.29, 0.717) is 0 Å². The van der Waals surface area contributed by atoms with Crippen molar-refractivity contribution >= 4 is 9.17 Å². The first-order valence-electron chi connectivity index (χ1n) is 0.632. The summed E-state index contributed by atoms with van der Waals surface area (Å²) in [7, 11) is -3.38. The van der Waals surface area contributed by atoms with Gasteiger partial charge in [0.2, 0.25) is 0 Å². The van der Waals surface area contributed by atoms with Gasteiger partial charge < -0.3 is 20.2 Å². The second-order valence-electron chi connectivity index (χ2n) is 0.266. The Balaban J connectivity index is -0.0000000450. The van der Waals surface area contributed by atoms with Gasteiger partial charge in [-0.05, 0) is 0 Å². The average Bonchev–Trinajstić information content (AvgIpc) is 0.811. The quantitative estimate of drug-likeness (QED) is 0.518. The largest absolute Gasteiger partial charge is 4.00 e. The van der Waals surface area contributed by atoms with Crippen LogP contribution in [-0.4, -0.2) is 14.0 Å². The van der Waals surface area contributed by atoms with Crippen LogP contribution < -0.4 is 4.80 Å². The van der Waals surface area contributed by atoms with Crippen molar-refractivity contribution in [3.05, 3.63) is 6.15 Å². The van der Waals surface area contributed by atoms with E-state index in [9.17, 15) is 0 Å². The molecule has 0 unspecified atom stereocenters. The fourth-order valence-electron chi connectivity index (χ4n) is 0. The molecular weight excluding hydrogens is 269 g/mol. The molecule has 0 rings (SSSR count). The molecule has 6 heavy (non-hydrogen) atoms.